The quantitative estimate of drug-likeness (QED) is 0.911. The third-order valence-corrected chi connectivity index (χ3v) is 3.80. The molecular weight excluding hydrogens is 290 g/mol. The molecule has 0 aliphatic heterocycles. The van der Waals surface area contributed by atoms with Crippen LogP contribution in [-0.4, -0.2) is 11.7 Å². The fourth-order valence-corrected chi connectivity index (χ4v) is 2.66. The van der Waals surface area contributed by atoms with Gasteiger partial charge in [-0.3, -0.25) is 0 Å². The molecule has 0 heterocycles. The van der Waals surface area contributed by atoms with Crippen LogP contribution in [-0.2, 0) is 0 Å². The van der Waals surface area contributed by atoms with Crippen molar-refractivity contribution in [2.75, 3.05) is 6.54 Å². The van der Waals surface area contributed by atoms with Gasteiger partial charge >= 0.3 is 0 Å². The Hall–Kier alpha value is -1.16. The van der Waals surface area contributed by atoms with E-state index >= 15 is 0 Å². The highest BCUT2D eigenvalue weighted by Crippen LogP contribution is 2.33. The first-order valence-electron chi connectivity index (χ1n) is 5.91. The molecule has 0 saturated carbocycles. The van der Waals surface area contributed by atoms with Gasteiger partial charge in [-0.2, -0.15) is 0 Å². The molecule has 18 heavy (non-hydrogen) atoms. The molecule has 2 nitrogen and oxygen atoms in total. The van der Waals surface area contributed by atoms with Crippen molar-refractivity contribution in [1.29, 1.82) is 0 Å². The van der Waals surface area contributed by atoms with E-state index in [-0.39, 0.29) is 5.92 Å². The van der Waals surface area contributed by atoms with Crippen molar-refractivity contribution in [3.63, 3.8) is 0 Å². The molecule has 2 atom stereocenters. The number of nitrogens with two attached hydrogens (primary N) is 1. The average molecular weight is 306 g/mol. The predicted molar refractivity (Wildman–Crippen MR) is 77.3 cm³/mol. The van der Waals surface area contributed by atoms with E-state index in [9.17, 15) is 5.11 Å². The minimum absolute atomic E-state index is 0.108. The average Bonchev–Trinajstić information content (AvgIpc) is 2.42. The van der Waals surface area contributed by atoms with Crippen molar-refractivity contribution < 1.29 is 5.11 Å². The van der Waals surface area contributed by atoms with Crippen molar-refractivity contribution in [3.05, 3.63) is 70.2 Å². The minimum Gasteiger partial charge on any atom is -0.388 e. The molecule has 0 fully saturated rings. The smallest absolute Gasteiger partial charge is 0.0871 e. The molecule has 0 aliphatic carbocycles. The first kappa shape index (κ1) is 13.3. The molecule has 94 valence electrons. The molecular formula is C15H16BrNO. The fraction of sp³-hybridized carbons (Fsp3) is 0.200. The highest BCUT2D eigenvalue weighted by molar-refractivity contribution is 9.10. The third-order valence-electron chi connectivity index (χ3n) is 3.08. The van der Waals surface area contributed by atoms with Crippen molar-refractivity contribution in [2.45, 2.75) is 12.0 Å². The van der Waals surface area contributed by atoms with Crippen LogP contribution in [0.5, 0.6) is 0 Å². The Morgan fingerprint density at radius 2 is 1.61 bits per heavy atom. The Balaban J connectivity index is 2.32. The van der Waals surface area contributed by atoms with E-state index in [2.05, 4.69) is 15.9 Å². The topological polar surface area (TPSA) is 46.2 Å². The van der Waals surface area contributed by atoms with E-state index in [0.717, 1.165) is 15.6 Å². The maximum atomic E-state index is 10.5. The molecule has 2 rings (SSSR count). The van der Waals surface area contributed by atoms with Crippen LogP contribution in [0.1, 0.15) is 23.1 Å². The van der Waals surface area contributed by atoms with Crippen LogP contribution in [0.4, 0.5) is 0 Å². The highest BCUT2D eigenvalue weighted by Gasteiger charge is 2.22. The lowest BCUT2D eigenvalue weighted by Gasteiger charge is -2.23. The standard InChI is InChI=1S/C15H16BrNO/c16-14-9-5-4-8-12(14)13(10-17)15(18)11-6-2-1-3-7-11/h1-9,13,15,18H,10,17H2. The number of hydrogen-bond donors (Lipinski definition) is 2. The van der Waals surface area contributed by atoms with E-state index in [4.69, 9.17) is 5.73 Å². The van der Waals surface area contributed by atoms with Crippen molar-refractivity contribution in [2.24, 2.45) is 5.73 Å². The summed E-state index contributed by atoms with van der Waals surface area (Å²) in [6, 6.07) is 17.5. The largest absolute Gasteiger partial charge is 0.388 e. The Kier molecular flexibility index (Phi) is 4.53. The fourth-order valence-electron chi connectivity index (χ4n) is 2.08. The zero-order chi connectivity index (χ0) is 13.0. The van der Waals surface area contributed by atoms with Crippen LogP contribution in [0, 0.1) is 0 Å². The van der Waals surface area contributed by atoms with Gasteiger partial charge in [-0.05, 0) is 17.2 Å². The summed E-state index contributed by atoms with van der Waals surface area (Å²) in [4.78, 5) is 0. The van der Waals surface area contributed by atoms with Gasteiger partial charge in [-0.25, -0.2) is 0 Å². The number of aliphatic hydroxyl groups is 1. The van der Waals surface area contributed by atoms with E-state index in [1.165, 1.54) is 0 Å². The maximum absolute atomic E-state index is 10.5. The summed E-state index contributed by atoms with van der Waals surface area (Å²) < 4.78 is 0.982. The van der Waals surface area contributed by atoms with Gasteiger partial charge in [0, 0.05) is 16.9 Å². The number of hydrogen-bond acceptors (Lipinski definition) is 2. The van der Waals surface area contributed by atoms with Gasteiger partial charge in [0.05, 0.1) is 6.10 Å². The molecule has 2 aromatic carbocycles. The molecule has 3 heteroatoms. The van der Waals surface area contributed by atoms with Gasteiger partial charge < -0.3 is 10.8 Å². The van der Waals surface area contributed by atoms with E-state index in [1.54, 1.807) is 0 Å². The summed E-state index contributed by atoms with van der Waals surface area (Å²) >= 11 is 3.51. The van der Waals surface area contributed by atoms with Gasteiger partial charge in [0.2, 0.25) is 0 Å². The maximum Gasteiger partial charge on any atom is 0.0871 e. The summed E-state index contributed by atoms with van der Waals surface area (Å²) in [5.74, 6) is -0.108. The number of aliphatic hydroxyl groups excluding tert-OH is 1. The van der Waals surface area contributed by atoms with E-state index < -0.39 is 6.10 Å². The van der Waals surface area contributed by atoms with Crippen molar-refractivity contribution >= 4 is 15.9 Å². The summed E-state index contributed by atoms with van der Waals surface area (Å²) in [5, 5.41) is 10.5. The molecule has 3 N–H and O–H groups in total. The van der Waals surface area contributed by atoms with Crippen LogP contribution in [0.25, 0.3) is 0 Å². The Labute approximate surface area is 116 Å². The molecule has 0 saturated heterocycles. The second kappa shape index (κ2) is 6.14. The molecule has 2 unspecified atom stereocenters. The van der Waals surface area contributed by atoms with Crippen LogP contribution >= 0.6 is 15.9 Å². The summed E-state index contributed by atoms with van der Waals surface area (Å²) in [5.41, 5.74) is 7.76. The molecule has 0 bridgehead atoms. The molecule has 0 aromatic heterocycles. The van der Waals surface area contributed by atoms with Crippen LogP contribution < -0.4 is 5.73 Å². The predicted octanol–water partition coefficient (Wildman–Crippen LogP) is 3.23. The van der Waals surface area contributed by atoms with Gasteiger partial charge in [-0.15, -0.1) is 0 Å². The zero-order valence-corrected chi connectivity index (χ0v) is 11.5. The van der Waals surface area contributed by atoms with Crippen molar-refractivity contribution in [3.8, 4) is 0 Å². The Morgan fingerprint density at radius 1 is 1.00 bits per heavy atom. The summed E-state index contributed by atoms with van der Waals surface area (Å²) in [6.07, 6.45) is -0.588. The summed E-state index contributed by atoms with van der Waals surface area (Å²) in [6.45, 7) is 0.401. The second-order valence-electron chi connectivity index (χ2n) is 4.22. The number of benzene rings is 2. The lowest BCUT2D eigenvalue weighted by Crippen LogP contribution is -2.20. The first-order chi connectivity index (χ1) is 8.74. The van der Waals surface area contributed by atoms with Crippen molar-refractivity contribution in [1.82, 2.24) is 0 Å². The van der Waals surface area contributed by atoms with Gasteiger partial charge in [0.25, 0.3) is 0 Å². The van der Waals surface area contributed by atoms with E-state index in [1.807, 2.05) is 54.6 Å². The SMILES string of the molecule is NCC(c1ccccc1Br)C(O)c1ccccc1. The monoisotopic (exact) mass is 305 g/mol. The number of rotatable bonds is 4. The Bertz CT molecular complexity index is 501. The third kappa shape index (κ3) is 2.80. The van der Waals surface area contributed by atoms with Crippen LogP contribution in [0.15, 0.2) is 59.1 Å². The molecule has 2 aromatic rings. The highest BCUT2D eigenvalue weighted by atomic mass is 79.9. The summed E-state index contributed by atoms with van der Waals surface area (Å²) in [7, 11) is 0. The van der Waals surface area contributed by atoms with Gasteiger partial charge in [-0.1, -0.05) is 64.5 Å². The van der Waals surface area contributed by atoms with Crippen LogP contribution in [0.2, 0.25) is 0 Å². The lowest BCUT2D eigenvalue weighted by molar-refractivity contribution is 0.147. The van der Waals surface area contributed by atoms with E-state index in [0.29, 0.717) is 6.54 Å². The molecule has 0 spiro atoms. The second-order valence-corrected chi connectivity index (χ2v) is 5.07. The van der Waals surface area contributed by atoms with Crippen LogP contribution in [0.3, 0.4) is 0 Å². The minimum atomic E-state index is -0.588. The molecule has 0 aliphatic rings. The molecule has 0 radical (unpaired) electrons. The van der Waals surface area contributed by atoms with Gasteiger partial charge in [0.1, 0.15) is 0 Å². The first-order valence-corrected chi connectivity index (χ1v) is 6.71. The normalized spacial score (nSPS) is 14.2. The van der Waals surface area contributed by atoms with Gasteiger partial charge in [0.15, 0.2) is 0 Å². The Morgan fingerprint density at radius 3 is 2.22 bits per heavy atom. The zero-order valence-electron chi connectivity index (χ0n) is 9.96. The lowest BCUT2D eigenvalue weighted by atomic mass is 9.89. The number of halogens is 1. The molecule has 0 amide bonds.